The highest BCUT2D eigenvalue weighted by atomic mass is 16.5. The number of allylic oxidation sites excluding steroid dienone is 1. The monoisotopic (exact) mass is 197 g/mol. The minimum atomic E-state index is 0.101. The first kappa shape index (κ1) is 11.2. The van der Waals surface area contributed by atoms with Crippen molar-refractivity contribution in [3.8, 4) is 0 Å². The lowest BCUT2D eigenvalue weighted by atomic mass is 10.0. The van der Waals surface area contributed by atoms with Gasteiger partial charge in [-0.3, -0.25) is 4.79 Å². The van der Waals surface area contributed by atoms with E-state index in [0.29, 0.717) is 19.3 Å². The van der Waals surface area contributed by atoms with Gasteiger partial charge in [-0.15, -0.1) is 0 Å². The maximum absolute atomic E-state index is 11.9. The first-order chi connectivity index (χ1) is 6.57. The number of hydrogen-bond acceptors (Lipinski definition) is 2. The van der Waals surface area contributed by atoms with E-state index >= 15 is 0 Å². The molecule has 1 saturated heterocycles. The van der Waals surface area contributed by atoms with Crippen molar-refractivity contribution in [3.05, 3.63) is 11.6 Å². The molecule has 1 aliphatic rings. The Morgan fingerprint density at radius 1 is 1.57 bits per heavy atom. The number of rotatable bonds is 2. The van der Waals surface area contributed by atoms with Crippen LogP contribution in [0.25, 0.3) is 0 Å². The van der Waals surface area contributed by atoms with Crippen LogP contribution in [0.15, 0.2) is 11.6 Å². The van der Waals surface area contributed by atoms with Gasteiger partial charge in [-0.2, -0.15) is 0 Å². The molecule has 0 spiro atoms. The molecule has 3 nitrogen and oxygen atoms in total. The van der Waals surface area contributed by atoms with Crippen LogP contribution in [0.4, 0.5) is 0 Å². The fraction of sp³-hybridized carbons (Fsp3) is 0.727. The van der Waals surface area contributed by atoms with Gasteiger partial charge in [-0.05, 0) is 19.8 Å². The summed E-state index contributed by atoms with van der Waals surface area (Å²) in [5.74, 6) is 0.551. The zero-order valence-corrected chi connectivity index (χ0v) is 9.41. The Morgan fingerprint density at radius 3 is 2.71 bits per heavy atom. The van der Waals surface area contributed by atoms with Crippen LogP contribution < -0.4 is 0 Å². The van der Waals surface area contributed by atoms with Gasteiger partial charge in [-0.25, -0.2) is 0 Å². The van der Waals surface area contributed by atoms with E-state index in [4.69, 9.17) is 4.74 Å². The Kier molecular flexibility index (Phi) is 3.69. The molecule has 0 unspecified atom stereocenters. The quantitative estimate of drug-likeness (QED) is 0.632. The lowest BCUT2D eigenvalue weighted by molar-refractivity contribution is -0.129. The molecule has 0 aromatic heterocycles. The molecule has 0 aromatic rings. The third kappa shape index (κ3) is 2.15. The van der Waals surface area contributed by atoms with Crippen molar-refractivity contribution in [2.24, 2.45) is 5.92 Å². The minimum Gasteiger partial charge on any atom is -0.359 e. The lowest BCUT2D eigenvalue weighted by Crippen LogP contribution is -2.40. The molecule has 14 heavy (non-hydrogen) atoms. The Hall–Kier alpha value is -0.830. The van der Waals surface area contributed by atoms with Crippen LogP contribution in [0.1, 0.15) is 27.7 Å². The summed E-state index contributed by atoms with van der Waals surface area (Å²) in [6, 6.07) is 0.234. The third-order valence-corrected chi connectivity index (χ3v) is 2.72. The first-order valence-corrected chi connectivity index (χ1v) is 5.09. The van der Waals surface area contributed by atoms with E-state index in [-0.39, 0.29) is 11.9 Å². The molecule has 0 bridgehead atoms. The van der Waals surface area contributed by atoms with Crippen LogP contribution in [-0.2, 0) is 9.53 Å². The lowest BCUT2D eigenvalue weighted by Gasteiger charge is -2.25. The zero-order chi connectivity index (χ0) is 10.7. The summed E-state index contributed by atoms with van der Waals surface area (Å²) in [6.45, 7) is 9.06. The maximum atomic E-state index is 11.9. The number of amides is 1. The molecule has 1 rings (SSSR count). The van der Waals surface area contributed by atoms with Crippen LogP contribution in [-0.4, -0.2) is 30.2 Å². The van der Waals surface area contributed by atoms with Crippen molar-refractivity contribution < 1.29 is 9.53 Å². The number of nitrogens with zero attached hydrogens (tertiary/aromatic N) is 1. The average Bonchev–Trinajstić information content (AvgIpc) is 2.63. The van der Waals surface area contributed by atoms with Gasteiger partial charge in [0.15, 0.2) is 0 Å². The van der Waals surface area contributed by atoms with E-state index in [0.717, 1.165) is 5.57 Å². The highest BCUT2D eigenvalue weighted by molar-refractivity contribution is 5.93. The largest absolute Gasteiger partial charge is 0.359 e. The van der Waals surface area contributed by atoms with Gasteiger partial charge in [0, 0.05) is 5.57 Å². The van der Waals surface area contributed by atoms with E-state index in [1.54, 1.807) is 0 Å². The van der Waals surface area contributed by atoms with Crippen molar-refractivity contribution in [2.45, 2.75) is 33.7 Å². The molecular weight excluding hydrogens is 178 g/mol. The fourth-order valence-electron chi connectivity index (χ4n) is 1.57. The molecule has 1 amide bonds. The molecule has 0 aromatic carbocycles. The molecule has 0 saturated carbocycles. The molecule has 1 heterocycles. The minimum absolute atomic E-state index is 0.101. The smallest absolute Gasteiger partial charge is 0.251 e. The SMILES string of the molecule is C/C=C(\C)C(=O)N1COC[C@@H]1C(C)C. The fourth-order valence-corrected chi connectivity index (χ4v) is 1.57. The number of carbonyl (C=O) groups is 1. The molecule has 1 fully saturated rings. The van der Waals surface area contributed by atoms with Crippen molar-refractivity contribution in [1.29, 1.82) is 0 Å². The second-order valence-electron chi connectivity index (χ2n) is 4.06. The van der Waals surface area contributed by atoms with Crippen molar-refractivity contribution in [2.75, 3.05) is 13.3 Å². The van der Waals surface area contributed by atoms with E-state index in [1.807, 2.05) is 24.8 Å². The van der Waals surface area contributed by atoms with Gasteiger partial charge in [0.05, 0.1) is 12.6 Å². The normalized spacial score (nSPS) is 23.4. The highest BCUT2D eigenvalue weighted by Gasteiger charge is 2.31. The van der Waals surface area contributed by atoms with Crippen LogP contribution >= 0.6 is 0 Å². The predicted molar refractivity (Wildman–Crippen MR) is 55.7 cm³/mol. The second-order valence-corrected chi connectivity index (χ2v) is 4.06. The van der Waals surface area contributed by atoms with Gasteiger partial charge in [0.25, 0.3) is 5.91 Å². The number of ether oxygens (including phenoxy) is 1. The van der Waals surface area contributed by atoms with E-state index in [1.165, 1.54) is 0 Å². The van der Waals surface area contributed by atoms with Crippen molar-refractivity contribution in [3.63, 3.8) is 0 Å². The molecular formula is C11H19NO2. The molecule has 0 N–H and O–H groups in total. The van der Waals surface area contributed by atoms with Gasteiger partial charge < -0.3 is 9.64 Å². The van der Waals surface area contributed by atoms with Crippen LogP contribution in [0, 0.1) is 5.92 Å². The molecule has 1 aliphatic heterocycles. The summed E-state index contributed by atoms with van der Waals surface area (Å²) in [5, 5.41) is 0. The van der Waals surface area contributed by atoms with Crippen LogP contribution in [0.3, 0.4) is 0 Å². The standard InChI is InChI=1S/C11H19NO2/c1-5-9(4)11(13)12-7-14-6-10(12)8(2)3/h5,8,10H,6-7H2,1-4H3/b9-5+/t10-/m1/s1. The predicted octanol–water partition coefficient (Wildman–Crippen LogP) is 1.79. The summed E-state index contributed by atoms with van der Waals surface area (Å²) in [7, 11) is 0. The van der Waals surface area contributed by atoms with Crippen molar-refractivity contribution >= 4 is 5.91 Å². The highest BCUT2D eigenvalue weighted by Crippen LogP contribution is 2.19. The van der Waals surface area contributed by atoms with E-state index in [2.05, 4.69) is 13.8 Å². The van der Waals surface area contributed by atoms with Gasteiger partial charge in [0.2, 0.25) is 0 Å². The van der Waals surface area contributed by atoms with Crippen LogP contribution in [0.5, 0.6) is 0 Å². The summed E-state index contributed by atoms with van der Waals surface area (Å²) < 4.78 is 5.32. The Balaban J connectivity index is 2.72. The summed E-state index contributed by atoms with van der Waals surface area (Å²) >= 11 is 0. The van der Waals surface area contributed by atoms with Gasteiger partial charge in [-0.1, -0.05) is 19.9 Å². The van der Waals surface area contributed by atoms with Gasteiger partial charge >= 0.3 is 0 Å². The zero-order valence-electron chi connectivity index (χ0n) is 9.41. The van der Waals surface area contributed by atoms with E-state index in [9.17, 15) is 4.79 Å². The number of hydrogen-bond donors (Lipinski definition) is 0. The first-order valence-electron chi connectivity index (χ1n) is 5.09. The van der Waals surface area contributed by atoms with Gasteiger partial charge in [0.1, 0.15) is 6.73 Å². The summed E-state index contributed by atoms with van der Waals surface area (Å²) in [6.07, 6.45) is 1.85. The third-order valence-electron chi connectivity index (χ3n) is 2.72. The van der Waals surface area contributed by atoms with E-state index < -0.39 is 0 Å². The Bertz CT molecular complexity index is 246. The molecule has 80 valence electrons. The summed E-state index contributed by atoms with van der Waals surface area (Å²) in [4.78, 5) is 13.7. The molecule has 0 aliphatic carbocycles. The molecule has 0 radical (unpaired) electrons. The van der Waals surface area contributed by atoms with Crippen LogP contribution in [0.2, 0.25) is 0 Å². The number of carbonyl (C=O) groups excluding carboxylic acids is 1. The molecule has 1 atom stereocenters. The molecule has 3 heteroatoms. The summed E-state index contributed by atoms with van der Waals surface area (Å²) in [5.41, 5.74) is 0.793. The second kappa shape index (κ2) is 4.60. The topological polar surface area (TPSA) is 29.5 Å². The van der Waals surface area contributed by atoms with Crippen molar-refractivity contribution in [1.82, 2.24) is 4.90 Å². The average molecular weight is 197 g/mol. The Morgan fingerprint density at radius 2 is 2.21 bits per heavy atom. The Labute approximate surface area is 85.7 Å². The maximum Gasteiger partial charge on any atom is 0.251 e.